The Bertz CT molecular complexity index is 539. The smallest absolute Gasteiger partial charge is 0.408 e. The number of rotatable bonds is 4. The molecule has 86 valence electrons. The van der Waals surface area contributed by atoms with Crippen molar-refractivity contribution in [1.82, 2.24) is 9.88 Å². The van der Waals surface area contributed by atoms with Crippen LogP contribution in [-0.2, 0) is 13.5 Å². The van der Waals surface area contributed by atoms with Crippen molar-refractivity contribution in [2.24, 2.45) is 7.05 Å². The normalized spacial score (nSPS) is 11.1. The molecule has 4 heteroatoms. The van der Waals surface area contributed by atoms with Gasteiger partial charge in [-0.05, 0) is 44.1 Å². The predicted octanol–water partition coefficient (Wildman–Crippen LogP) is 1.28. The van der Waals surface area contributed by atoms with Gasteiger partial charge < -0.3 is 9.73 Å². The van der Waals surface area contributed by atoms with Crippen LogP contribution in [0, 0.1) is 0 Å². The van der Waals surface area contributed by atoms with Crippen molar-refractivity contribution in [2.75, 3.05) is 13.6 Å². The van der Waals surface area contributed by atoms with Gasteiger partial charge in [0.2, 0.25) is 0 Å². The van der Waals surface area contributed by atoms with E-state index < -0.39 is 0 Å². The van der Waals surface area contributed by atoms with Crippen molar-refractivity contribution < 1.29 is 4.42 Å². The van der Waals surface area contributed by atoms with Crippen LogP contribution in [0.1, 0.15) is 12.0 Å². The number of oxazole rings is 1. The lowest BCUT2D eigenvalue weighted by Gasteiger charge is -2.00. The molecular weight excluding hydrogens is 204 g/mol. The Morgan fingerprint density at radius 3 is 3.00 bits per heavy atom. The van der Waals surface area contributed by atoms with Crippen LogP contribution in [0.4, 0.5) is 0 Å². The molecule has 2 aromatic rings. The first-order valence-electron chi connectivity index (χ1n) is 5.45. The van der Waals surface area contributed by atoms with Crippen LogP contribution >= 0.6 is 0 Å². The number of nitrogens with one attached hydrogen (secondary N) is 1. The third-order valence-electron chi connectivity index (χ3n) is 2.75. The van der Waals surface area contributed by atoms with E-state index in [1.807, 2.05) is 25.2 Å². The van der Waals surface area contributed by atoms with E-state index in [9.17, 15) is 4.79 Å². The van der Waals surface area contributed by atoms with Crippen LogP contribution in [0.5, 0.6) is 0 Å². The molecule has 0 atom stereocenters. The first-order valence-corrected chi connectivity index (χ1v) is 5.45. The molecule has 0 amide bonds. The Hall–Kier alpha value is -1.55. The van der Waals surface area contributed by atoms with E-state index in [0.29, 0.717) is 5.58 Å². The fourth-order valence-corrected chi connectivity index (χ4v) is 1.80. The number of aryl methyl sites for hydroxylation is 2. The molecule has 0 saturated carbocycles. The summed E-state index contributed by atoms with van der Waals surface area (Å²) in [5.41, 5.74) is 2.73. The van der Waals surface area contributed by atoms with Gasteiger partial charge in [-0.2, -0.15) is 0 Å². The van der Waals surface area contributed by atoms with Crippen molar-refractivity contribution in [2.45, 2.75) is 12.8 Å². The van der Waals surface area contributed by atoms with Gasteiger partial charge in [0.1, 0.15) is 0 Å². The summed E-state index contributed by atoms with van der Waals surface area (Å²) < 4.78 is 6.66. The number of fused-ring (bicyclic) bond motifs is 1. The molecule has 0 aliphatic carbocycles. The maximum atomic E-state index is 11.3. The zero-order chi connectivity index (χ0) is 11.5. The van der Waals surface area contributed by atoms with Gasteiger partial charge in [-0.25, -0.2) is 4.79 Å². The summed E-state index contributed by atoms with van der Waals surface area (Å²) in [7, 11) is 3.66. The van der Waals surface area contributed by atoms with Gasteiger partial charge in [0.05, 0.1) is 5.52 Å². The highest BCUT2D eigenvalue weighted by Gasteiger charge is 2.05. The van der Waals surface area contributed by atoms with E-state index in [-0.39, 0.29) is 5.76 Å². The second-order valence-electron chi connectivity index (χ2n) is 3.94. The molecule has 0 saturated heterocycles. The van der Waals surface area contributed by atoms with Gasteiger partial charge in [0, 0.05) is 7.05 Å². The first-order chi connectivity index (χ1) is 7.72. The lowest BCUT2D eigenvalue weighted by Crippen LogP contribution is -2.08. The van der Waals surface area contributed by atoms with Crippen LogP contribution in [0.2, 0.25) is 0 Å². The summed E-state index contributed by atoms with van der Waals surface area (Å²) in [6.07, 6.45) is 2.08. The molecule has 0 aliphatic heterocycles. The predicted molar refractivity (Wildman–Crippen MR) is 63.7 cm³/mol. The summed E-state index contributed by atoms with van der Waals surface area (Å²) in [6, 6.07) is 5.94. The molecule has 1 N–H and O–H groups in total. The van der Waals surface area contributed by atoms with Gasteiger partial charge in [-0.15, -0.1) is 0 Å². The molecular formula is C12H16N2O2. The zero-order valence-electron chi connectivity index (χ0n) is 9.62. The first kappa shape index (κ1) is 11.0. The topological polar surface area (TPSA) is 47.2 Å². The maximum Gasteiger partial charge on any atom is 0.419 e. The Kier molecular flexibility index (Phi) is 3.10. The average Bonchev–Trinajstić information content (AvgIpc) is 2.55. The molecule has 1 aromatic heterocycles. The van der Waals surface area contributed by atoms with Crippen molar-refractivity contribution in [3.05, 3.63) is 34.3 Å². The van der Waals surface area contributed by atoms with E-state index in [1.54, 1.807) is 7.05 Å². The lowest BCUT2D eigenvalue weighted by atomic mass is 10.1. The van der Waals surface area contributed by atoms with E-state index >= 15 is 0 Å². The monoisotopic (exact) mass is 220 g/mol. The van der Waals surface area contributed by atoms with E-state index in [4.69, 9.17) is 4.42 Å². The quantitative estimate of drug-likeness (QED) is 0.790. The largest absolute Gasteiger partial charge is 0.419 e. The van der Waals surface area contributed by atoms with E-state index in [0.717, 1.165) is 24.9 Å². The van der Waals surface area contributed by atoms with Crippen molar-refractivity contribution in [3.63, 3.8) is 0 Å². The highest BCUT2D eigenvalue weighted by molar-refractivity contribution is 5.73. The SMILES string of the molecule is CNCCCc1ccc2c(c1)oc(=O)n2C. The zero-order valence-corrected chi connectivity index (χ0v) is 9.62. The fourth-order valence-electron chi connectivity index (χ4n) is 1.80. The second kappa shape index (κ2) is 4.53. The Morgan fingerprint density at radius 1 is 1.44 bits per heavy atom. The van der Waals surface area contributed by atoms with Crippen molar-refractivity contribution >= 4 is 11.1 Å². The molecule has 0 aliphatic rings. The molecule has 1 heterocycles. The average molecular weight is 220 g/mol. The van der Waals surface area contributed by atoms with E-state index in [2.05, 4.69) is 5.32 Å². The second-order valence-corrected chi connectivity index (χ2v) is 3.94. The van der Waals surface area contributed by atoms with Crippen molar-refractivity contribution in [3.8, 4) is 0 Å². The summed E-state index contributed by atoms with van der Waals surface area (Å²) in [5.74, 6) is -0.303. The molecule has 0 spiro atoms. The minimum atomic E-state index is -0.303. The number of nitrogens with zero attached hydrogens (tertiary/aromatic N) is 1. The molecule has 16 heavy (non-hydrogen) atoms. The molecule has 4 nitrogen and oxygen atoms in total. The third-order valence-corrected chi connectivity index (χ3v) is 2.75. The molecule has 0 fully saturated rings. The lowest BCUT2D eigenvalue weighted by molar-refractivity contribution is 0.527. The van der Waals surface area contributed by atoms with Gasteiger partial charge in [-0.3, -0.25) is 4.57 Å². The summed E-state index contributed by atoms with van der Waals surface area (Å²) in [4.78, 5) is 11.3. The highest BCUT2D eigenvalue weighted by Crippen LogP contribution is 2.15. The van der Waals surface area contributed by atoms with Crippen LogP contribution in [-0.4, -0.2) is 18.2 Å². The number of benzene rings is 1. The van der Waals surface area contributed by atoms with Crippen LogP contribution in [0.15, 0.2) is 27.4 Å². The fraction of sp³-hybridized carbons (Fsp3) is 0.417. The van der Waals surface area contributed by atoms with Crippen LogP contribution in [0.3, 0.4) is 0 Å². The maximum absolute atomic E-state index is 11.3. The summed E-state index contributed by atoms with van der Waals surface area (Å²) in [6.45, 7) is 0.997. The molecule has 0 bridgehead atoms. The summed E-state index contributed by atoms with van der Waals surface area (Å²) in [5, 5.41) is 3.11. The minimum absolute atomic E-state index is 0.303. The number of hydrogen-bond acceptors (Lipinski definition) is 3. The third kappa shape index (κ3) is 2.02. The van der Waals surface area contributed by atoms with Gasteiger partial charge in [0.15, 0.2) is 5.58 Å². The molecule has 1 aromatic carbocycles. The molecule has 0 radical (unpaired) electrons. The van der Waals surface area contributed by atoms with Gasteiger partial charge >= 0.3 is 5.76 Å². The Balaban J connectivity index is 2.27. The Labute approximate surface area is 93.9 Å². The molecule has 2 rings (SSSR count). The van der Waals surface area contributed by atoms with Gasteiger partial charge in [-0.1, -0.05) is 6.07 Å². The standard InChI is InChI=1S/C12H16N2O2/c1-13-7-3-4-9-5-6-10-11(8-9)16-12(15)14(10)2/h5-6,8,13H,3-4,7H2,1-2H3. The molecule has 0 unspecified atom stereocenters. The summed E-state index contributed by atoms with van der Waals surface area (Å²) >= 11 is 0. The van der Waals surface area contributed by atoms with Crippen LogP contribution in [0.25, 0.3) is 11.1 Å². The minimum Gasteiger partial charge on any atom is -0.408 e. The van der Waals surface area contributed by atoms with Crippen LogP contribution < -0.4 is 11.1 Å². The van der Waals surface area contributed by atoms with Crippen molar-refractivity contribution in [1.29, 1.82) is 0 Å². The highest BCUT2D eigenvalue weighted by atomic mass is 16.4. The number of hydrogen-bond donors (Lipinski definition) is 1. The van der Waals surface area contributed by atoms with Gasteiger partial charge in [0.25, 0.3) is 0 Å². The Morgan fingerprint density at radius 2 is 2.25 bits per heavy atom. The van der Waals surface area contributed by atoms with E-state index in [1.165, 1.54) is 10.1 Å². The number of aromatic nitrogens is 1.